The highest BCUT2D eigenvalue weighted by molar-refractivity contribution is 6.17. The van der Waals surface area contributed by atoms with Crippen molar-refractivity contribution in [2.45, 2.75) is 13.3 Å². The minimum absolute atomic E-state index is 0.792. The van der Waals surface area contributed by atoms with Gasteiger partial charge in [-0.3, -0.25) is 0 Å². The van der Waals surface area contributed by atoms with E-state index in [2.05, 4.69) is 5.73 Å². The van der Waals surface area contributed by atoms with Crippen LogP contribution in [0.4, 0.5) is 4.79 Å². The SMILES string of the molecule is CCCCl.NC(=O)O. The summed E-state index contributed by atoms with van der Waals surface area (Å²) in [6.45, 7) is 2.05. The van der Waals surface area contributed by atoms with Crippen LogP contribution in [-0.2, 0) is 0 Å². The molecule has 0 aliphatic rings. The quantitative estimate of drug-likeness (QED) is 0.538. The van der Waals surface area contributed by atoms with Crippen molar-refractivity contribution in [2.24, 2.45) is 5.73 Å². The van der Waals surface area contributed by atoms with E-state index in [0.717, 1.165) is 12.3 Å². The number of nitrogens with two attached hydrogens (primary N) is 1. The maximum absolute atomic E-state index is 8.78. The van der Waals surface area contributed by atoms with Crippen molar-refractivity contribution >= 4 is 17.7 Å². The zero-order valence-corrected chi connectivity index (χ0v) is 5.48. The number of alkyl halides is 1. The lowest BCUT2D eigenvalue weighted by molar-refractivity contribution is 0.205. The molecule has 0 saturated carbocycles. The van der Waals surface area contributed by atoms with E-state index in [4.69, 9.17) is 21.5 Å². The van der Waals surface area contributed by atoms with E-state index >= 15 is 0 Å². The average Bonchev–Trinajstić information content (AvgIpc) is 1.65. The van der Waals surface area contributed by atoms with Crippen LogP contribution in [0.2, 0.25) is 0 Å². The first-order valence-corrected chi connectivity index (χ1v) is 2.73. The number of hydrogen-bond donors (Lipinski definition) is 2. The fourth-order valence-electron chi connectivity index (χ4n) is 0. The fraction of sp³-hybridized carbons (Fsp3) is 0.750. The van der Waals surface area contributed by atoms with Gasteiger partial charge in [0.2, 0.25) is 0 Å². The molecular formula is C4H10ClNO2. The first kappa shape index (κ1) is 10.5. The molecule has 0 heterocycles. The van der Waals surface area contributed by atoms with Crippen LogP contribution in [0.1, 0.15) is 13.3 Å². The van der Waals surface area contributed by atoms with Crippen LogP contribution < -0.4 is 5.73 Å². The molecule has 0 saturated heterocycles. The molecule has 50 valence electrons. The molecule has 8 heavy (non-hydrogen) atoms. The lowest BCUT2D eigenvalue weighted by atomic mass is 10.6. The molecule has 0 aromatic rings. The molecule has 0 aliphatic heterocycles. The van der Waals surface area contributed by atoms with Crippen LogP contribution in [0, 0.1) is 0 Å². The van der Waals surface area contributed by atoms with Gasteiger partial charge < -0.3 is 10.8 Å². The van der Waals surface area contributed by atoms with Gasteiger partial charge in [0.15, 0.2) is 0 Å². The number of primary amides is 1. The van der Waals surface area contributed by atoms with Crippen molar-refractivity contribution < 1.29 is 9.90 Å². The van der Waals surface area contributed by atoms with E-state index in [9.17, 15) is 0 Å². The second-order valence-electron chi connectivity index (χ2n) is 1.03. The van der Waals surface area contributed by atoms with E-state index in [-0.39, 0.29) is 0 Å². The molecule has 0 rings (SSSR count). The lowest BCUT2D eigenvalue weighted by Gasteiger charge is -1.65. The third-order valence-electron chi connectivity index (χ3n) is 0.189. The summed E-state index contributed by atoms with van der Waals surface area (Å²) in [7, 11) is 0. The van der Waals surface area contributed by atoms with Gasteiger partial charge in [-0.1, -0.05) is 6.92 Å². The second kappa shape index (κ2) is 9.75. The molecule has 0 unspecified atom stereocenters. The van der Waals surface area contributed by atoms with Crippen molar-refractivity contribution in [3.8, 4) is 0 Å². The van der Waals surface area contributed by atoms with Gasteiger partial charge in [-0.15, -0.1) is 11.6 Å². The predicted octanol–water partition coefficient (Wildman–Crippen LogP) is 1.26. The summed E-state index contributed by atoms with van der Waals surface area (Å²) in [5.74, 6) is 0.792. The van der Waals surface area contributed by atoms with Crippen molar-refractivity contribution in [1.29, 1.82) is 0 Å². The van der Waals surface area contributed by atoms with Gasteiger partial charge in [0.25, 0.3) is 0 Å². The Morgan fingerprint density at radius 1 is 1.88 bits per heavy atom. The monoisotopic (exact) mass is 139 g/mol. The Hall–Kier alpha value is -0.440. The highest BCUT2D eigenvalue weighted by atomic mass is 35.5. The molecule has 3 nitrogen and oxygen atoms in total. The summed E-state index contributed by atoms with van der Waals surface area (Å²) >= 11 is 5.19. The third kappa shape index (κ3) is 369. The Kier molecular flexibility index (Phi) is 12.8. The summed E-state index contributed by atoms with van der Waals surface area (Å²) in [6.07, 6.45) is -0.248. The molecule has 0 aliphatic carbocycles. The summed E-state index contributed by atoms with van der Waals surface area (Å²) in [5, 5.41) is 7.19. The summed E-state index contributed by atoms with van der Waals surface area (Å²) in [6, 6.07) is 0. The molecule has 3 N–H and O–H groups in total. The van der Waals surface area contributed by atoms with E-state index in [1.165, 1.54) is 0 Å². The largest absolute Gasteiger partial charge is 0.465 e. The maximum atomic E-state index is 8.78. The third-order valence-corrected chi connectivity index (χ3v) is 0.567. The molecule has 0 aromatic heterocycles. The standard InChI is InChI=1S/C3H7Cl.CH3NO2/c1-2-3-4;2-1(3)4/h2-3H2,1H3;2H2,(H,3,4). The Morgan fingerprint density at radius 3 is 2.00 bits per heavy atom. The van der Waals surface area contributed by atoms with Gasteiger partial charge in [0.05, 0.1) is 0 Å². The first-order valence-electron chi connectivity index (χ1n) is 2.19. The Balaban J connectivity index is 0. The maximum Gasteiger partial charge on any atom is 0.402 e. The minimum Gasteiger partial charge on any atom is -0.465 e. The molecule has 0 fully saturated rings. The topological polar surface area (TPSA) is 63.3 Å². The molecule has 0 spiro atoms. The van der Waals surface area contributed by atoms with E-state index in [1.807, 2.05) is 6.92 Å². The van der Waals surface area contributed by atoms with Gasteiger partial charge in [0.1, 0.15) is 0 Å². The van der Waals surface area contributed by atoms with Gasteiger partial charge in [-0.05, 0) is 6.42 Å². The van der Waals surface area contributed by atoms with Crippen LogP contribution in [0.5, 0.6) is 0 Å². The number of carbonyl (C=O) groups is 1. The van der Waals surface area contributed by atoms with Gasteiger partial charge in [-0.2, -0.15) is 0 Å². The van der Waals surface area contributed by atoms with Gasteiger partial charge in [0, 0.05) is 5.88 Å². The zero-order chi connectivity index (χ0) is 6.99. The number of hydrogen-bond acceptors (Lipinski definition) is 1. The highest BCUT2D eigenvalue weighted by Crippen LogP contribution is 1.75. The lowest BCUT2D eigenvalue weighted by Crippen LogP contribution is -2.03. The van der Waals surface area contributed by atoms with E-state index < -0.39 is 6.09 Å². The minimum atomic E-state index is -1.33. The van der Waals surface area contributed by atoms with Crippen molar-refractivity contribution in [3.05, 3.63) is 0 Å². The highest BCUT2D eigenvalue weighted by Gasteiger charge is 1.65. The van der Waals surface area contributed by atoms with Crippen LogP contribution >= 0.6 is 11.6 Å². The predicted molar refractivity (Wildman–Crippen MR) is 33.2 cm³/mol. The number of halogens is 1. The average molecular weight is 140 g/mol. The van der Waals surface area contributed by atoms with E-state index in [0.29, 0.717) is 0 Å². The molecule has 0 aromatic carbocycles. The summed E-state index contributed by atoms with van der Waals surface area (Å²) in [5.41, 5.74) is 4.03. The number of amides is 1. The Labute approximate surface area is 53.4 Å². The number of rotatable bonds is 1. The molecule has 0 atom stereocenters. The van der Waals surface area contributed by atoms with Crippen LogP contribution in [0.3, 0.4) is 0 Å². The fourth-order valence-corrected chi connectivity index (χ4v) is 0. The van der Waals surface area contributed by atoms with E-state index in [1.54, 1.807) is 0 Å². The first-order chi connectivity index (χ1) is 3.65. The summed E-state index contributed by atoms with van der Waals surface area (Å²) < 4.78 is 0. The molecular weight excluding hydrogens is 130 g/mol. The van der Waals surface area contributed by atoms with Crippen molar-refractivity contribution in [1.82, 2.24) is 0 Å². The Morgan fingerprint density at radius 2 is 2.00 bits per heavy atom. The normalized spacial score (nSPS) is 6.75. The van der Waals surface area contributed by atoms with Crippen molar-refractivity contribution in [3.63, 3.8) is 0 Å². The van der Waals surface area contributed by atoms with Gasteiger partial charge in [-0.25, -0.2) is 4.79 Å². The zero-order valence-electron chi connectivity index (χ0n) is 4.72. The van der Waals surface area contributed by atoms with Crippen LogP contribution in [0.25, 0.3) is 0 Å². The Bertz CT molecular complexity index is 52.0. The molecule has 0 radical (unpaired) electrons. The summed E-state index contributed by atoms with van der Waals surface area (Å²) in [4.78, 5) is 8.78. The molecule has 0 bridgehead atoms. The van der Waals surface area contributed by atoms with Crippen LogP contribution in [-0.4, -0.2) is 17.1 Å². The number of carboxylic acid groups (broad SMARTS) is 1. The van der Waals surface area contributed by atoms with Crippen molar-refractivity contribution in [2.75, 3.05) is 5.88 Å². The molecule has 4 heteroatoms. The van der Waals surface area contributed by atoms with Gasteiger partial charge >= 0.3 is 6.09 Å². The van der Waals surface area contributed by atoms with Crippen LogP contribution in [0.15, 0.2) is 0 Å². The molecule has 1 amide bonds. The second-order valence-corrected chi connectivity index (χ2v) is 1.41. The smallest absolute Gasteiger partial charge is 0.402 e.